The van der Waals surface area contributed by atoms with Gasteiger partial charge in [0.05, 0.1) is 24.5 Å². The number of rotatable bonds is 3. The highest BCUT2D eigenvalue weighted by atomic mass is 16.5. The Morgan fingerprint density at radius 3 is 2.76 bits per heavy atom. The van der Waals surface area contributed by atoms with Crippen LogP contribution in [-0.4, -0.2) is 30.1 Å². The van der Waals surface area contributed by atoms with Crippen molar-refractivity contribution in [2.75, 3.05) is 18.9 Å². The number of nitrogens with one attached hydrogen (secondary N) is 1. The van der Waals surface area contributed by atoms with Gasteiger partial charge in [-0.15, -0.1) is 0 Å². The number of amides is 1. The number of carbonyl (C=O) groups excluding carboxylic acids is 1. The van der Waals surface area contributed by atoms with Crippen molar-refractivity contribution in [3.63, 3.8) is 0 Å². The van der Waals surface area contributed by atoms with Gasteiger partial charge in [0.15, 0.2) is 0 Å². The zero-order valence-electron chi connectivity index (χ0n) is 11.6. The minimum absolute atomic E-state index is 0.0697. The van der Waals surface area contributed by atoms with Crippen LogP contribution in [0.2, 0.25) is 0 Å². The smallest absolute Gasteiger partial charge is 0.251 e. The van der Waals surface area contributed by atoms with E-state index in [1.165, 1.54) is 0 Å². The number of ether oxygens (including phenoxy) is 1. The first-order chi connectivity index (χ1) is 10.2. The van der Waals surface area contributed by atoms with Gasteiger partial charge in [-0.3, -0.25) is 9.78 Å². The molecule has 0 aliphatic carbocycles. The summed E-state index contributed by atoms with van der Waals surface area (Å²) >= 11 is 0. The molecule has 2 aromatic rings. The largest absolute Gasteiger partial charge is 0.397 e. The Labute approximate surface area is 123 Å². The zero-order chi connectivity index (χ0) is 14.7. The lowest BCUT2D eigenvalue weighted by molar-refractivity contribution is 0.0930. The number of hydrogen-bond donors (Lipinski definition) is 2. The van der Waals surface area contributed by atoms with Crippen molar-refractivity contribution in [2.24, 2.45) is 0 Å². The van der Waals surface area contributed by atoms with E-state index < -0.39 is 0 Å². The summed E-state index contributed by atoms with van der Waals surface area (Å²) in [4.78, 5) is 16.1. The number of pyridine rings is 1. The number of nitrogens with two attached hydrogens (primary N) is 1. The van der Waals surface area contributed by atoms with Crippen LogP contribution in [-0.2, 0) is 4.74 Å². The first-order valence-corrected chi connectivity index (χ1v) is 6.92. The fraction of sp³-hybridized carbons (Fsp3) is 0.250. The second kappa shape index (κ2) is 5.93. The van der Waals surface area contributed by atoms with Crippen LogP contribution in [0.1, 0.15) is 16.8 Å². The number of carbonyl (C=O) groups is 1. The van der Waals surface area contributed by atoms with E-state index in [0.29, 0.717) is 24.5 Å². The van der Waals surface area contributed by atoms with Crippen molar-refractivity contribution >= 4 is 11.6 Å². The maximum atomic E-state index is 12.1. The highest BCUT2D eigenvalue weighted by Crippen LogP contribution is 2.24. The Bertz CT molecular complexity index is 634. The van der Waals surface area contributed by atoms with E-state index in [4.69, 9.17) is 10.5 Å². The summed E-state index contributed by atoms with van der Waals surface area (Å²) < 4.78 is 5.25. The minimum Gasteiger partial charge on any atom is -0.397 e. The third-order valence-electron chi connectivity index (χ3n) is 3.57. The van der Waals surface area contributed by atoms with Crippen LogP contribution in [0.3, 0.4) is 0 Å². The van der Waals surface area contributed by atoms with Gasteiger partial charge in [-0.1, -0.05) is 12.1 Å². The molecule has 2 heterocycles. The van der Waals surface area contributed by atoms with Crippen LogP contribution in [0.25, 0.3) is 11.1 Å². The topological polar surface area (TPSA) is 77.2 Å². The van der Waals surface area contributed by atoms with E-state index in [0.717, 1.165) is 17.5 Å². The first kappa shape index (κ1) is 13.6. The van der Waals surface area contributed by atoms with Gasteiger partial charge in [0, 0.05) is 23.9 Å². The van der Waals surface area contributed by atoms with Crippen molar-refractivity contribution in [1.82, 2.24) is 10.3 Å². The second-order valence-electron chi connectivity index (χ2n) is 5.07. The molecule has 1 atom stereocenters. The number of hydrogen-bond acceptors (Lipinski definition) is 4. The Morgan fingerprint density at radius 2 is 2.10 bits per heavy atom. The molecule has 1 aromatic carbocycles. The van der Waals surface area contributed by atoms with Crippen molar-refractivity contribution < 1.29 is 9.53 Å². The molecular weight excluding hydrogens is 266 g/mol. The standard InChI is InChI=1S/C16H17N3O2/c17-15-9-18-7-5-14(15)11-1-3-12(4-2-11)16(20)19-13-6-8-21-10-13/h1-5,7,9,13H,6,8,10,17H2,(H,19,20)/t13-/m1/s1. The summed E-state index contributed by atoms with van der Waals surface area (Å²) in [6, 6.07) is 9.38. The average Bonchev–Trinajstić information content (AvgIpc) is 3.01. The molecule has 0 radical (unpaired) electrons. The van der Waals surface area contributed by atoms with Gasteiger partial charge >= 0.3 is 0 Å². The van der Waals surface area contributed by atoms with Gasteiger partial charge in [-0.25, -0.2) is 0 Å². The molecule has 1 saturated heterocycles. The third-order valence-corrected chi connectivity index (χ3v) is 3.57. The molecule has 3 N–H and O–H groups in total. The molecule has 21 heavy (non-hydrogen) atoms. The summed E-state index contributed by atoms with van der Waals surface area (Å²) in [5.74, 6) is -0.0697. The fourth-order valence-electron chi connectivity index (χ4n) is 2.39. The monoisotopic (exact) mass is 283 g/mol. The van der Waals surface area contributed by atoms with E-state index in [1.54, 1.807) is 24.5 Å². The summed E-state index contributed by atoms with van der Waals surface area (Å²) in [6.07, 6.45) is 4.19. The second-order valence-corrected chi connectivity index (χ2v) is 5.07. The normalized spacial score (nSPS) is 17.6. The molecular formula is C16H17N3O2. The lowest BCUT2D eigenvalue weighted by Crippen LogP contribution is -2.34. The quantitative estimate of drug-likeness (QED) is 0.901. The van der Waals surface area contributed by atoms with Crippen LogP contribution in [0.15, 0.2) is 42.7 Å². The Balaban J connectivity index is 1.74. The maximum Gasteiger partial charge on any atom is 0.251 e. The molecule has 0 bridgehead atoms. The molecule has 108 valence electrons. The number of anilines is 1. The van der Waals surface area contributed by atoms with E-state index in [-0.39, 0.29) is 11.9 Å². The number of nitrogen functional groups attached to an aromatic ring is 1. The van der Waals surface area contributed by atoms with Gasteiger partial charge in [0.25, 0.3) is 5.91 Å². The zero-order valence-corrected chi connectivity index (χ0v) is 11.6. The number of benzene rings is 1. The van der Waals surface area contributed by atoms with E-state index in [2.05, 4.69) is 10.3 Å². The predicted molar refractivity (Wildman–Crippen MR) is 80.8 cm³/mol. The van der Waals surface area contributed by atoms with Crippen molar-refractivity contribution in [3.05, 3.63) is 48.3 Å². The van der Waals surface area contributed by atoms with E-state index >= 15 is 0 Å². The molecule has 0 saturated carbocycles. The number of aromatic nitrogens is 1. The summed E-state index contributed by atoms with van der Waals surface area (Å²) in [5.41, 5.74) is 9.05. The molecule has 1 fully saturated rings. The summed E-state index contributed by atoms with van der Waals surface area (Å²) in [6.45, 7) is 1.31. The highest BCUT2D eigenvalue weighted by Gasteiger charge is 2.18. The van der Waals surface area contributed by atoms with Crippen LogP contribution < -0.4 is 11.1 Å². The molecule has 5 heteroatoms. The van der Waals surface area contributed by atoms with Crippen LogP contribution in [0.4, 0.5) is 5.69 Å². The van der Waals surface area contributed by atoms with Crippen molar-refractivity contribution in [1.29, 1.82) is 0 Å². The molecule has 1 aromatic heterocycles. The Hall–Kier alpha value is -2.40. The molecule has 0 unspecified atom stereocenters. The summed E-state index contributed by atoms with van der Waals surface area (Å²) in [5, 5.41) is 2.97. The van der Waals surface area contributed by atoms with Gasteiger partial charge in [0.2, 0.25) is 0 Å². The number of nitrogens with zero attached hydrogens (tertiary/aromatic N) is 1. The maximum absolute atomic E-state index is 12.1. The lowest BCUT2D eigenvalue weighted by atomic mass is 10.0. The molecule has 3 rings (SSSR count). The molecule has 1 aliphatic rings. The summed E-state index contributed by atoms with van der Waals surface area (Å²) in [7, 11) is 0. The fourth-order valence-corrected chi connectivity index (χ4v) is 2.39. The van der Waals surface area contributed by atoms with Crippen LogP contribution >= 0.6 is 0 Å². The van der Waals surface area contributed by atoms with Gasteiger partial charge < -0.3 is 15.8 Å². The first-order valence-electron chi connectivity index (χ1n) is 6.92. The third kappa shape index (κ3) is 3.03. The van der Waals surface area contributed by atoms with Crippen molar-refractivity contribution in [3.8, 4) is 11.1 Å². The molecule has 1 aliphatic heterocycles. The van der Waals surface area contributed by atoms with Crippen LogP contribution in [0, 0.1) is 0 Å². The van der Waals surface area contributed by atoms with Crippen molar-refractivity contribution in [2.45, 2.75) is 12.5 Å². The highest BCUT2D eigenvalue weighted by molar-refractivity contribution is 5.95. The van der Waals surface area contributed by atoms with Gasteiger partial charge in [-0.05, 0) is 30.2 Å². The lowest BCUT2D eigenvalue weighted by Gasteiger charge is -2.11. The molecule has 1 amide bonds. The SMILES string of the molecule is Nc1cnccc1-c1ccc(C(=O)N[C@@H]2CCOC2)cc1. The Kier molecular flexibility index (Phi) is 3.83. The van der Waals surface area contributed by atoms with Gasteiger partial charge in [0.1, 0.15) is 0 Å². The van der Waals surface area contributed by atoms with E-state index in [1.807, 2.05) is 18.2 Å². The average molecular weight is 283 g/mol. The predicted octanol–water partition coefficient (Wildman–Crippen LogP) is 1.85. The van der Waals surface area contributed by atoms with Gasteiger partial charge in [-0.2, -0.15) is 0 Å². The van der Waals surface area contributed by atoms with Crippen LogP contribution in [0.5, 0.6) is 0 Å². The minimum atomic E-state index is -0.0697. The molecule has 5 nitrogen and oxygen atoms in total. The van der Waals surface area contributed by atoms with E-state index in [9.17, 15) is 4.79 Å². The molecule has 0 spiro atoms. The Morgan fingerprint density at radius 1 is 1.29 bits per heavy atom.